The highest BCUT2D eigenvalue weighted by atomic mass is 19.4. The Morgan fingerprint density at radius 1 is 1.21 bits per heavy atom. The lowest BCUT2D eigenvalue weighted by Gasteiger charge is -2.28. The van der Waals surface area contributed by atoms with Gasteiger partial charge in [0.1, 0.15) is 5.82 Å². The first-order chi connectivity index (χ1) is 8.89. The third kappa shape index (κ3) is 3.25. The number of aliphatic hydroxyl groups is 1. The minimum Gasteiger partial charge on any atom is -0.388 e. The van der Waals surface area contributed by atoms with Crippen molar-refractivity contribution in [2.75, 3.05) is 13.2 Å². The molecule has 1 aliphatic heterocycles. The van der Waals surface area contributed by atoms with Gasteiger partial charge in [0.2, 0.25) is 0 Å². The summed E-state index contributed by atoms with van der Waals surface area (Å²) in [7, 11) is 0. The first-order valence-corrected chi connectivity index (χ1v) is 6.02. The summed E-state index contributed by atoms with van der Waals surface area (Å²) in [4.78, 5) is 0. The van der Waals surface area contributed by atoms with Crippen LogP contribution in [0.2, 0.25) is 0 Å². The first kappa shape index (κ1) is 14.3. The maximum Gasteiger partial charge on any atom is 0.416 e. The van der Waals surface area contributed by atoms with Crippen molar-refractivity contribution in [2.24, 2.45) is 5.92 Å². The Hall–Kier alpha value is -1.14. The molecule has 0 spiro atoms. The molecule has 2 nitrogen and oxygen atoms in total. The third-order valence-electron chi connectivity index (χ3n) is 3.35. The molecule has 1 heterocycles. The van der Waals surface area contributed by atoms with Gasteiger partial charge in [-0.2, -0.15) is 13.2 Å². The van der Waals surface area contributed by atoms with Crippen molar-refractivity contribution in [1.82, 2.24) is 0 Å². The van der Waals surface area contributed by atoms with Gasteiger partial charge in [-0.3, -0.25) is 0 Å². The van der Waals surface area contributed by atoms with Crippen LogP contribution in [0.1, 0.15) is 30.1 Å². The molecule has 2 rings (SSSR count). The topological polar surface area (TPSA) is 29.5 Å². The van der Waals surface area contributed by atoms with E-state index in [0.717, 1.165) is 12.1 Å². The summed E-state index contributed by atoms with van der Waals surface area (Å²) < 4.78 is 56.8. The largest absolute Gasteiger partial charge is 0.416 e. The number of aliphatic hydroxyl groups excluding tert-OH is 1. The second kappa shape index (κ2) is 5.46. The number of halogens is 4. The van der Waals surface area contributed by atoms with Gasteiger partial charge in [-0.25, -0.2) is 4.39 Å². The maximum absolute atomic E-state index is 13.2. The van der Waals surface area contributed by atoms with Crippen LogP contribution in [0.25, 0.3) is 0 Å². The molecule has 1 fully saturated rings. The summed E-state index contributed by atoms with van der Waals surface area (Å²) in [6.45, 7) is 0.802. The lowest BCUT2D eigenvalue weighted by molar-refractivity contribution is -0.139. The standard InChI is InChI=1S/C13H14F4O2/c14-9-1-2-11(13(15,16)17)10(7-9)12(18)8-3-5-19-6-4-8/h1-2,7-8,12,18H,3-6H2. The van der Waals surface area contributed by atoms with Crippen molar-refractivity contribution in [3.8, 4) is 0 Å². The minimum atomic E-state index is -4.60. The van der Waals surface area contributed by atoms with Crippen LogP contribution in [0.3, 0.4) is 0 Å². The summed E-state index contributed by atoms with van der Waals surface area (Å²) in [6, 6.07) is 2.19. The normalized spacial score (nSPS) is 19.4. The Morgan fingerprint density at radius 3 is 2.42 bits per heavy atom. The molecule has 19 heavy (non-hydrogen) atoms. The number of rotatable bonds is 2. The lowest BCUT2D eigenvalue weighted by atomic mass is 9.87. The fraction of sp³-hybridized carbons (Fsp3) is 0.538. The Labute approximate surface area is 108 Å². The van der Waals surface area contributed by atoms with E-state index in [1.165, 1.54) is 0 Å². The minimum absolute atomic E-state index is 0.336. The smallest absolute Gasteiger partial charge is 0.388 e. The van der Waals surface area contributed by atoms with E-state index in [0.29, 0.717) is 32.1 Å². The first-order valence-electron chi connectivity index (χ1n) is 6.02. The molecule has 1 saturated heterocycles. The lowest BCUT2D eigenvalue weighted by Crippen LogP contribution is -2.24. The second-order valence-corrected chi connectivity index (χ2v) is 4.62. The molecule has 0 aromatic heterocycles. The molecule has 1 N–H and O–H groups in total. The molecular formula is C13H14F4O2. The quantitative estimate of drug-likeness (QED) is 0.841. The van der Waals surface area contributed by atoms with Gasteiger partial charge in [0.05, 0.1) is 11.7 Å². The third-order valence-corrected chi connectivity index (χ3v) is 3.35. The molecule has 0 radical (unpaired) electrons. The molecular weight excluding hydrogens is 264 g/mol. The van der Waals surface area contributed by atoms with Crippen molar-refractivity contribution >= 4 is 0 Å². The van der Waals surface area contributed by atoms with Crippen LogP contribution in [0, 0.1) is 11.7 Å². The van der Waals surface area contributed by atoms with Crippen molar-refractivity contribution < 1.29 is 27.4 Å². The fourth-order valence-electron chi connectivity index (χ4n) is 2.32. The van der Waals surface area contributed by atoms with Gasteiger partial charge < -0.3 is 9.84 Å². The van der Waals surface area contributed by atoms with Crippen LogP contribution in [0.15, 0.2) is 18.2 Å². The van der Waals surface area contributed by atoms with Crippen molar-refractivity contribution in [3.63, 3.8) is 0 Å². The summed E-state index contributed by atoms with van der Waals surface area (Å²) in [6.07, 6.45) is -4.99. The van der Waals surface area contributed by atoms with Crippen LogP contribution in [-0.2, 0) is 10.9 Å². The van der Waals surface area contributed by atoms with Crippen molar-refractivity contribution in [2.45, 2.75) is 25.1 Å². The van der Waals surface area contributed by atoms with Gasteiger partial charge >= 0.3 is 6.18 Å². The molecule has 1 aromatic carbocycles. The van der Waals surface area contributed by atoms with Crippen LogP contribution in [-0.4, -0.2) is 18.3 Å². The van der Waals surface area contributed by atoms with Gasteiger partial charge in [-0.15, -0.1) is 0 Å². The van der Waals surface area contributed by atoms with Gasteiger partial charge in [-0.1, -0.05) is 0 Å². The van der Waals surface area contributed by atoms with Crippen molar-refractivity contribution in [3.05, 3.63) is 35.1 Å². The Kier molecular flexibility index (Phi) is 4.10. The molecule has 0 bridgehead atoms. The van der Waals surface area contributed by atoms with Gasteiger partial charge in [0.25, 0.3) is 0 Å². The number of hydrogen-bond acceptors (Lipinski definition) is 2. The zero-order valence-corrected chi connectivity index (χ0v) is 10.1. The predicted molar refractivity (Wildman–Crippen MR) is 59.9 cm³/mol. The molecule has 0 saturated carbocycles. The molecule has 1 aliphatic rings. The molecule has 1 atom stereocenters. The molecule has 1 unspecified atom stereocenters. The summed E-state index contributed by atoms with van der Waals surface area (Å²) >= 11 is 0. The van der Waals surface area contributed by atoms with Crippen LogP contribution < -0.4 is 0 Å². The maximum atomic E-state index is 13.2. The van der Waals surface area contributed by atoms with Crippen LogP contribution in [0.4, 0.5) is 17.6 Å². The van der Waals surface area contributed by atoms with E-state index in [4.69, 9.17) is 4.74 Å². The second-order valence-electron chi connectivity index (χ2n) is 4.62. The van der Waals surface area contributed by atoms with E-state index in [1.807, 2.05) is 0 Å². The van der Waals surface area contributed by atoms with E-state index in [-0.39, 0.29) is 11.5 Å². The number of alkyl halides is 3. The zero-order chi connectivity index (χ0) is 14.0. The van der Waals surface area contributed by atoms with E-state index < -0.39 is 23.7 Å². The Morgan fingerprint density at radius 2 is 1.84 bits per heavy atom. The predicted octanol–water partition coefficient (Wildman–Crippen LogP) is 3.30. The van der Waals surface area contributed by atoms with E-state index in [9.17, 15) is 22.7 Å². The van der Waals surface area contributed by atoms with Crippen molar-refractivity contribution in [1.29, 1.82) is 0 Å². The number of hydrogen-bond donors (Lipinski definition) is 1. The van der Waals surface area contributed by atoms with Crippen LogP contribution in [0.5, 0.6) is 0 Å². The van der Waals surface area contributed by atoms with E-state index in [2.05, 4.69) is 0 Å². The van der Waals surface area contributed by atoms with E-state index in [1.54, 1.807) is 0 Å². The number of benzene rings is 1. The van der Waals surface area contributed by atoms with Crippen LogP contribution >= 0.6 is 0 Å². The summed E-state index contributed by atoms with van der Waals surface area (Å²) in [5.41, 5.74) is -1.37. The highest BCUT2D eigenvalue weighted by Gasteiger charge is 2.37. The molecule has 1 aromatic rings. The van der Waals surface area contributed by atoms with Gasteiger partial charge in [0.15, 0.2) is 0 Å². The molecule has 106 valence electrons. The molecule has 0 aliphatic carbocycles. The van der Waals surface area contributed by atoms with E-state index >= 15 is 0 Å². The summed E-state index contributed by atoms with van der Waals surface area (Å²) in [5.74, 6) is -1.12. The Bertz CT molecular complexity index is 439. The van der Waals surface area contributed by atoms with Gasteiger partial charge in [0, 0.05) is 13.2 Å². The fourth-order valence-corrected chi connectivity index (χ4v) is 2.32. The molecule has 0 amide bonds. The SMILES string of the molecule is OC(c1cc(F)ccc1C(F)(F)F)C1CCOCC1. The highest BCUT2D eigenvalue weighted by molar-refractivity contribution is 5.32. The zero-order valence-electron chi connectivity index (χ0n) is 10.1. The average molecular weight is 278 g/mol. The molecule has 6 heteroatoms. The highest BCUT2D eigenvalue weighted by Crippen LogP contribution is 2.39. The summed E-state index contributed by atoms with van der Waals surface area (Å²) in [5, 5.41) is 10.1. The Balaban J connectivity index is 2.33. The van der Waals surface area contributed by atoms with Gasteiger partial charge in [-0.05, 0) is 42.5 Å². The monoisotopic (exact) mass is 278 g/mol. The average Bonchev–Trinajstić information content (AvgIpc) is 2.37. The number of ether oxygens (including phenoxy) is 1.